The maximum atomic E-state index is 13.0. The van der Waals surface area contributed by atoms with Crippen molar-refractivity contribution in [1.82, 2.24) is 4.90 Å². The Balaban J connectivity index is 2.20. The number of aliphatic hydroxyl groups excluding tert-OH is 1. The summed E-state index contributed by atoms with van der Waals surface area (Å²) in [7, 11) is 3.08. The van der Waals surface area contributed by atoms with Gasteiger partial charge in [-0.25, -0.2) is 0 Å². The molecule has 1 heterocycles. The summed E-state index contributed by atoms with van der Waals surface area (Å²) in [5.41, 5.74) is 1.08. The Bertz CT molecular complexity index is 1060. The van der Waals surface area contributed by atoms with E-state index in [0.29, 0.717) is 52.4 Å². The number of hydrogen-bond acceptors (Lipinski definition) is 6. The Morgan fingerprint density at radius 2 is 1.72 bits per heavy atom. The van der Waals surface area contributed by atoms with Gasteiger partial charge < -0.3 is 24.2 Å². The van der Waals surface area contributed by atoms with Crippen LogP contribution in [0.4, 0.5) is 0 Å². The number of Topliss-reactive ketones (excluding diaryl/α,β-unsaturated/α-hetero) is 1. The summed E-state index contributed by atoms with van der Waals surface area (Å²) in [6.07, 6.45) is 0.659. The van der Waals surface area contributed by atoms with Gasteiger partial charge in [0.1, 0.15) is 11.5 Å². The maximum Gasteiger partial charge on any atom is 0.295 e. The van der Waals surface area contributed by atoms with Crippen LogP contribution in [-0.4, -0.2) is 49.1 Å². The Kier molecular flexibility index (Phi) is 7.45. The van der Waals surface area contributed by atoms with Crippen molar-refractivity contribution in [2.24, 2.45) is 0 Å². The predicted octanol–water partition coefficient (Wildman–Crippen LogP) is 4.70. The number of ether oxygens (including phenoxy) is 3. The van der Waals surface area contributed by atoms with Crippen LogP contribution < -0.4 is 14.2 Å². The van der Waals surface area contributed by atoms with Crippen LogP contribution in [0.5, 0.6) is 17.2 Å². The van der Waals surface area contributed by atoms with Gasteiger partial charge in [0.05, 0.1) is 36.9 Å². The van der Waals surface area contributed by atoms with Crippen molar-refractivity contribution in [2.75, 3.05) is 27.4 Å². The number of carbonyl (C=O) groups excluding carboxylic acids is 2. The number of methoxy groups -OCH3 is 2. The monoisotopic (exact) mass is 503 g/mol. The van der Waals surface area contributed by atoms with Crippen LogP contribution >= 0.6 is 15.9 Å². The number of aliphatic hydroxyl groups is 1. The zero-order valence-corrected chi connectivity index (χ0v) is 20.1. The summed E-state index contributed by atoms with van der Waals surface area (Å²) < 4.78 is 16.9. The molecule has 32 heavy (non-hydrogen) atoms. The van der Waals surface area contributed by atoms with Gasteiger partial charge in [0.2, 0.25) is 0 Å². The van der Waals surface area contributed by atoms with Crippen molar-refractivity contribution in [2.45, 2.75) is 26.3 Å². The van der Waals surface area contributed by atoms with E-state index >= 15 is 0 Å². The van der Waals surface area contributed by atoms with Gasteiger partial charge in [0, 0.05) is 12.1 Å². The lowest BCUT2D eigenvalue weighted by Gasteiger charge is -2.25. The molecule has 7 nitrogen and oxygen atoms in total. The highest BCUT2D eigenvalue weighted by Crippen LogP contribution is 2.42. The van der Waals surface area contributed by atoms with Crippen molar-refractivity contribution in [3.8, 4) is 17.2 Å². The van der Waals surface area contributed by atoms with E-state index < -0.39 is 17.7 Å². The molecule has 1 N–H and O–H groups in total. The van der Waals surface area contributed by atoms with E-state index in [1.807, 2.05) is 13.8 Å². The largest absolute Gasteiger partial charge is 0.507 e. The van der Waals surface area contributed by atoms with Gasteiger partial charge in [-0.2, -0.15) is 0 Å². The Morgan fingerprint density at radius 3 is 2.31 bits per heavy atom. The normalized spacial score (nSPS) is 17.5. The van der Waals surface area contributed by atoms with E-state index in [2.05, 4.69) is 15.9 Å². The first kappa shape index (κ1) is 23.7. The summed E-state index contributed by atoms with van der Waals surface area (Å²) in [6.45, 7) is 4.58. The zero-order valence-electron chi connectivity index (χ0n) is 18.5. The molecule has 1 atom stereocenters. The zero-order chi connectivity index (χ0) is 23.4. The average Bonchev–Trinajstić information content (AvgIpc) is 3.04. The Labute approximate surface area is 195 Å². The number of nitrogens with zero attached hydrogens (tertiary/aromatic N) is 1. The number of likely N-dealkylation sites (tertiary alicyclic amines) is 1. The first-order valence-corrected chi connectivity index (χ1v) is 11.1. The second kappa shape index (κ2) is 10.1. The minimum Gasteiger partial charge on any atom is -0.507 e. The lowest BCUT2D eigenvalue weighted by molar-refractivity contribution is -0.139. The summed E-state index contributed by atoms with van der Waals surface area (Å²) in [6, 6.07) is 9.48. The van der Waals surface area contributed by atoms with Gasteiger partial charge in [-0.15, -0.1) is 0 Å². The molecule has 2 aromatic rings. The van der Waals surface area contributed by atoms with Crippen molar-refractivity contribution in [1.29, 1.82) is 0 Å². The van der Waals surface area contributed by atoms with Gasteiger partial charge in [-0.05, 0) is 65.2 Å². The number of hydrogen-bond donors (Lipinski definition) is 1. The van der Waals surface area contributed by atoms with Crippen LogP contribution in [0.2, 0.25) is 0 Å². The van der Waals surface area contributed by atoms with Crippen LogP contribution in [0.25, 0.3) is 5.76 Å². The highest BCUT2D eigenvalue weighted by molar-refractivity contribution is 9.10. The molecule has 0 spiro atoms. The smallest absolute Gasteiger partial charge is 0.295 e. The van der Waals surface area contributed by atoms with E-state index in [4.69, 9.17) is 14.2 Å². The van der Waals surface area contributed by atoms with E-state index in [1.54, 1.807) is 43.5 Å². The summed E-state index contributed by atoms with van der Waals surface area (Å²) in [4.78, 5) is 27.4. The molecule has 2 aromatic carbocycles. The number of carbonyl (C=O) groups is 2. The highest BCUT2D eigenvalue weighted by atomic mass is 79.9. The molecule has 1 amide bonds. The van der Waals surface area contributed by atoms with Gasteiger partial charge in [-0.1, -0.05) is 13.0 Å². The predicted molar refractivity (Wildman–Crippen MR) is 124 cm³/mol. The summed E-state index contributed by atoms with van der Waals surface area (Å²) >= 11 is 3.40. The van der Waals surface area contributed by atoms with Crippen molar-refractivity contribution >= 4 is 33.4 Å². The van der Waals surface area contributed by atoms with E-state index in [0.717, 1.165) is 0 Å². The molecule has 0 bridgehead atoms. The quantitative estimate of drug-likeness (QED) is 0.319. The molecule has 1 aliphatic rings. The summed E-state index contributed by atoms with van der Waals surface area (Å²) in [5, 5.41) is 11.2. The molecule has 0 radical (unpaired) electrons. The van der Waals surface area contributed by atoms with Gasteiger partial charge >= 0.3 is 0 Å². The molecular weight excluding hydrogens is 478 g/mol. The second-order valence-electron chi connectivity index (χ2n) is 7.19. The fourth-order valence-corrected chi connectivity index (χ4v) is 4.34. The number of benzene rings is 2. The van der Waals surface area contributed by atoms with Crippen molar-refractivity contribution in [3.63, 3.8) is 0 Å². The van der Waals surface area contributed by atoms with E-state index in [-0.39, 0.29) is 11.3 Å². The minimum atomic E-state index is -0.749. The van der Waals surface area contributed by atoms with Crippen LogP contribution in [0.1, 0.15) is 37.4 Å². The molecule has 3 rings (SSSR count). The molecule has 1 fully saturated rings. The van der Waals surface area contributed by atoms with E-state index in [1.165, 1.54) is 12.0 Å². The standard InChI is InChI=1S/C24H26BrNO6/c1-5-11-26-21(14-7-10-18(31-4)19(13-14)32-6-2)20(23(28)24(26)29)22(27)15-8-9-17(30-3)16(25)12-15/h7-10,12-13,21,27H,5-6,11H2,1-4H3/b22-20-. The molecule has 0 aromatic heterocycles. The second-order valence-corrected chi connectivity index (χ2v) is 8.04. The third-order valence-electron chi connectivity index (χ3n) is 5.23. The fraction of sp³-hybridized carbons (Fsp3) is 0.333. The topological polar surface area (TPSA) is 85.3 Å². The average molecular weight is 504 g/mol. The number of ketones is 1. The Hall–Kier alpha value is -3.00. The first-order valence-electron chi connectivity index (χ1n) is 10.3. The van der Waals surface area contributed by atoms with Crippen LogP contribution in [0.3, 0.4) is 0 Å². The van der Waals surface area contributed by atoms with Gasteiger partial charge in [0.25, 0.3) is 11.7 Å². The lowest BCUT2D eigenvalue weighted by atomic mass is 9.95. The molecule has 0 aliphatic carbocycles. The highest BCUT2D eigenvalue weighted by Gasteiger charge is 2.45. The van der Waals surface area contributed by atoms with Crippen LogP contribution in [0.15, 0.2) is 46.4 Å². The SMILES string of the molecule is CCCN1C(=O)C(=O)/C(=C(\O)c2ccc(OC)c(Br)c2)C1c1ccc(OC)c(OCC)c1. The number of halogens is 1. The Morgan fingerprint density at radius 1 is 1.03 bits per heavy atom. The van der Waals surface area contributed by atoms with Gasteiger partial charge in [0.15, 0.2) is 11.5 Å². The molecule has 170 valence electrons. The third-order valence-corrected chi connectivity index (χ3v) is 5.85. The third kappa shape index (κ3) is 4.32. The molecule has 1 saturated heterocycles. The molecule has 1 aliphatic heterocycles. The van der Waals surface area contributed by atoms with E-state index in [9.17, 15) is 14.7 Å². The number of rotatable bonds is 8. The molecule has 8 heteroatoms. The fourth-order valence-electron chi connectivity index (χ4n) is 3.80. The van der Waals surface area contributed by atoms with Crippen LogP contribution in [-0.2, 0) is 9.59 Å². The maximum absolute atomic E-state index is 13.0. The minimum absolute atomic E-state index is 0.0353. The number of amides is 1. The molecule has 0 saturated carbocycles. The van der Waals surface area contributed by atoms with Crippen LogP contribution in [0, 0.1) is 0 Å². The first-order chi connectivity index (χ1) is 15.4. The summed E-state index contributed by atoms with van der Waals surface area (Å²) in [5.74, 6) is 0.0236. The van der Waals surface area contributed by atoms with Gasteiger partial charge in [-0.3, -0.25) is 9.59 Å². The van der Waals surface area contributed by atoms with Crippen molar-refractivity contribution in [3.05, 3.63) is 57.6 Å². The molecule has 1 unspecified atom stereocenters. The lowest BCUT2D eigenvalue weighted by Crippen LogP contribution is -2.30. The molecular formula is C24H26BrNO6. The van der Waals surface area contributed by atoms with Crippen molar-refractivity contribution < 1.29 is 28.9 Å².